The van der Waals surface area contributed by atoms with Crippen LogP contribution in [0.5, 0.6) is 0 Å². The van der Waals surface area contributed by atoms with E-state index in [-0.39, 0.29) is 0 Å². The Kier molecular flexibility index (Phi) is 3.17. The highest BCUT2D eigenvalue weighted by molar-refractivity contribution is 7.21. The van der Waals surface area contributed by atoms with Gasteiger partial charge in [-0.25, -0.2) is 0 Å². The Labute approximate surface area is 54.4 Å². The van der Waals surface area contributed by atoms with Gasteiger partial charge in [-0.05, 0) is 0 Å². The second-order valence-corrected chi connectivity index (χ2v) is 2.01. The van der Waals surface area contributed by atoms with Crippen LogP contribution in [0.2, 0.25) is 0 Å². The van der Waals surface area contributed by atoms with Crippen molar-refractivity contribution in [2.45, 2.75) is 5.66 Å². The molecule has 0 amide bonds. The molecular formula is C4H7O4P. The van der Waals surface area contributed by atoms with Crippen LogP contribution < -0.4 is 0 Å². The largest absolute Gasteiger partial charge is 0.480 e. The number of carboxylic acids is 1. The number of rotatable bonds is 2. The highest BCUT2D eigenvalue weighted by atomic mass is 31.0. The van der Waals surface area contributed by atoms with E-state index in [1.54, 1.807) is 0 Å². The number of hydrogen-bond acceptors (Lipinski definition) is 3. The quantitative estimate of drug-likeness (QED) is 0.327. The lowest BCUT2D eigenvalue weighted by Crippen LogP contribution is -2.24. The molecule has 0 spiro atoms. The average molecular weight is 150 g/mol. The summed E-state index contributed by atoms with van der Waals surface area (Å²) in [6, 6.07) is 0. The summed E-state index contributed by atoms with van der Waals surface area (Å²) in [7, 11) is 3.00. The van der Waals surface area contributed by atoms with Gasteiger partial charge >= 0.3 is 11.9 Å². The third-order valence-corrected chi connectivity index (χ3v) is 1.28. The van der Waals surface area contributed by atoms with Crippen LogP contribution in [0, 0.1) is 0 Å². The van der Waals surface area contributed by atoms with Crippen LogP contribution in [0.3, 0.4) is 0 Å². The van der Waals surface area contributed by atoms with Gasteiger partial charge in [-0.1, -0.05) is 0 Å². The molecule has 0 aromatic heterocycles. The van der Waals surface area contributed by atoms with E-state index in [0.717, 1.165) is 7.11 Å². The lowest BCUT2D eigenvalue weighted by molar-refractivity contribution is -0.148. The average Bonchev–Trinajstić information content (AvgIpc) is 1.84. The van der Waals surface area contributed by atoms with Crippen LogP contribution in [0.15, 0.2) is 0 Å². The Morgan fingerprint density at radius 2 is 2.11 bits per heavy atom. The molecular weight excluding hydrogens is 143 g/mol. The van der Waals surface area contributed by atoms with E-state index in [2.05, 4.69) is 4.74 Å². The maximum absolute atomic E-state index is 10.3. The standard InChI is InChI=1S/C4H7O4P/c1-8-4(7)2(9)3(5)6/h2H,9H2,1H3,(H,5,6). The fourth-order valence-corrected chi connectivity index (χ4v) is 0.364. The fraction of sp³-hybridized carbons (Fsp3) is 0.500. The first kappa shape index (κ1) is 8.37. The normalized spacial score (nSPS) is 12.2. The lowest BCUT2D eigenvalue weighted by Gasteiger charge is -2.00. The Morgan fingerprint density at radius 3 is 2.22 bits per heavy atom. The molecule has 1 N–H and O–H groups in total. The molecule has 0 fully saturated rings. The number of hydrogen-bond donors (Lipinski definition) is 1. The van der Waals surface area contributed by atoms with Gasteiger partial charge in [0.2, 0.25) is 0 Å². The molecule has 0 aliphatic rings. The zero-order valence-corrected chi connectivity index (χ0v) is 5.98. The summed E-state index contributed by atoms with van der Waals surface area (Å²) in [6.07, 6.45) is 0. The second kappa shape index (κ2) is 3.41. The van der Waals surface area contributed by atoms with E-state index >= 15 is 0 Å². The molecule has 4 nitrogen and oxygen atoms in total. The van der Waals surface area contributed by atoms with E-state index in [1.807, 2.05) is 9.24 Å². The maximum Gasteiger partial charge on any atom is 0.323 e. The molecule has 9 heavy (non-hydrogen) atoms. The summed E-state index contributed by atoms with van der Waals surface area (Å²) >= 11 is 0. The zero-order valence-electron chi connectivity index (χ0n) is 4.83. The number of methoxy groups -OCH3 is 1. The minimum Gasteiger partial charge on any atom is -0.480 e. The fourth-order valence-electron chi connectivity index (χ4n) is 0.228. The molecule has 2 atom stereocenters. The van der Waals surface area contributed by atoms with Crippen molar-refractivity contribution < 1.29 is 19.4 Å². The molecule has 0 aromatic carbocycles. The number of esters is 1. The van der Waals surface area contributed by atoms with Crippen LogP contribution in [0.4, 0.5) is 0 Å². The summed E-state index contributed by atoms with van der Waals surface area (Å²) < 4.78 is 4.13. The van der Waals surface area contributed by atoms with Crippen molar-refractivity contribution in [3.63, 3.8) is 0 Å². The zero-order chi connectivity index (χ0) is 7.44. The predicted molar refractivity (Wildman–Crippen MR) is 33.1 cm³/mol. The van der Waals surface area contributed by atoms with Gasteiger partial charge in [-0.3, -0.25) is 9.59 Å². The molecule has 0 saturated carbocycles. The number of carboxylic acid groups (broad SMARTS) is 1. The third-order valence-electron chi connectivity index (χ3n) is 0.721. The van der Waals surface area contributed by atoms with E-state index in [4.69, 9.17) is 5.11 Å². The van der Waals surface area contributed by atoms with Gasteiger partial charge in [0.1, 0.15) is 0 Å². The summed E-state index contributed by atoms with van der Waals surface area (Å²) in [5, 5.41) is 8.16. The first-order valence-electron chi connectivity index (χ1n) is 2.15. The highest BCUT2D eigenvalue weighted by Crippen LogP contribution is 2.00. The Bertz CT molecular complexity index is 133. The van der Waals surface area contributed by atoms with E-state index in [9.17, 15) is 9.59 Å². The predicted octanol–water partition coefficient (Wildman–Crippen LogP) is -0.512. The van der Waals surface area contributed by atoms with Crippen LogP contribution >= 0.6 is 9.24 Å². The number of ether oxygens (including phenoxy) is 1. The molecule has 0 aliphatic carbocycles. The van der Waals surface area contributed by atoms with Gasteiger partial charge < -0.3 is 9.84 Å². The number of carbonyl (C=O) groups is 2. The highest BCUT2D eigenvalue weighted by Gasteiger charge is 2.20. The van der Waals surface area contributed by atoms with Crippen molar-refractivity contribution in [1.29, 1.82) is 0 Å². The van der Waals surface area contributed by atoms with Crippen molar-refractivity contribution in [2.24, 2.45) is 0 Å². The number of aliphatic carboxylic acids is 1. The molecule has 0 radical (unpaired) electrons. The Hall–Kier alpha value is -0.630. The summed E-state index contributed by atoms with van der Waals surface area (Å²) in [4.78, 5) is 20.3. The van der Waals surface area contributed by atoms with Gasteiger partial charge in [0.05, 0.1) is 7.11 Å². The summed E-state index contributed by atoms with van der Waals surface area (Å²) in [5.74, 6) is -1.96. The summed E-state index contributed by atoms with van der Waals surface area (Å²) in [6.45, 7) is 0. The van der Waals surface area contributed by atoms with Crippen LogP contribution in [0.25, 0.3) is 0 Å². The first-order valence-corrected chi connectivity index (χ1v) is 2.82. The maximum atomic E-state index is 10.3. The van der Waals surface area contributed by atoms with Crippen molar-refractivity contribution >= 4 is 21.2 Å². The van der Waals surface area contributed by atoms with Crippen molar-refractivity contribution in [2.75, 3.05) is 7.11 Å². The first-order chi connectivity index (χ1) is 4.09. The van der Waals surface area contributed by atoms with Gasteiger partial charge in [-0.15, -0.1) is 9.24 Å². The minimum atomic E-state index is -1.20. The van der Waals surface area contributed by atoms with Crippen molar-refractivity contribution in [3.8, 4) is 0 Å². The molecule has 0 bridgehead atoms. The van der Waals surface area contributed by atoms with E-state index in [0.29, 0.717) is 0 Å². The van der Waals surface area contributed by atoms with Crippen molar-refractivity contribution in [1.82, 2.24) is 0 Å². The van der Waals surface area contributed by atoms with Gasteiger partial charge in [0.15, 0.2) is 5.66 Å². The minimum absolute atomic E-state index is 0.757. The Morgan fingerprint density at radius 1 is 1.67 bits per heavy atom. The second-order valence-electron chi connectivity index (χ2n) is 1.34. The Balaban J connectivity index is 3.88. The topological polar surface area (TPSA) is 63.6 Å². The van der Waals surface area contributed by atoms with Gasteiger partial charge in [0, 0.05) is 0 Å². The van der Waals surface area contributed by atoms with Crippen LogP contribution in [-0.2, 0) is 14.3 Å². The van der Waals surface area contributed by atoms with Gasteiger partial charge in [-0.2, -0.15) is 0 Å². The van der Waals surface area contributed by atoms with Gasteiger partial charge in [0.25, 0.3) is 0 Å². The molecule has 0 rings (SSSR count). The molecule has 5 heteroatoms. The van der Waals surface area contributed by atoms with Crippen LogP contribution in [0.1, 0.15) is 0 Å². The van der Waals surface area contributed by atoms with Crippen molar-refractivity contribution in [3.05, 3.63) is 0 Å². The summed E-state index contributed by atoms with van der Waals surface area (Å²) in [5.41, 5.74) is -1.14. The van der Waals surface area contributed by atoms with Crippen LogP contribution in [-0.4, -0.2) is 29.8 Å². The molecule has 0 aromatic rings. The SMILES string of the molecule is COC(=O)C(P)C(=O)O. The van der Waals surface area contributed by atoms with E-state index in [1.165, 1.54) is 0 Å². The monoisotopic (exact) mass is 150 g/mol. The third kappa shape index (κ3) is 2.42. The molecule has 0 saturated heterocycles. The molecule has 0 heterocycles. The lowest BCUT2D eigenvalue weighted by atomic mass is 10.4. The molecule has 2 unspecified atom stereocenters. The smallest absolute Gasteiger partial charge is 0.323 e. The van der Waals surface area contributed by atoms with E-state index < -0.39 is 17.6 Å². The number of carbonyl (C=O) groups excluding carboxylic acids is 1. The molecule has 52 valence electrons. The molecule has 0 aliphatic heterocycles.